The smallest absolute Gasteiger partial charge is 0.337 e. The predicted octanol–water partition coefficient (Wildman–Crippen LogP) is 2.05. The number of fused-ring (bicyclic) bond motifs is 1. The van der Waals surface area contributed by atoms with E-state index in [0.717, 1.165) is 22.2 Å². The Bertz CT molecular complexity index is 788. The molecule has 0 saturated carbocycles. The summed E-state index contributed by atoms with van der Waals surface area (Å²) < 4.78 is 7.01. The second kappa shape index (κ2) is 4.35. The van der Waals surface area contributed by atoms with Crippen LogP contribution >= 0.6 is 0 Å². The first-order valence-electron chi connectivity index (χ1n) is 6.02. The van der Waals surface area contributed by atoms with Crippen molar-refractivity contribution in [3.63, 3.8) is 0 Å². The molecule has 3 heterocycles. The van der Waals surface area contributed by atoms with E-state index >= 15 is 0 Å². The Morgan fingerprint density at radius 3 is 2.74 bits per heavy atom. The SMILES string of the molecule is Cc1cc(=O)oc2c1c(C)nn2Cc1ccncc1. The second-order valence-corrected chi connectivity index (χ2v) is 4.53. The molecule has 96 valence electrons. The van der Waals surface area contributed by atoms with Gasteiger partial charge in [0.1, 0.15) is 0 Å². The second-order valence-electron chi connectivity index (χ2n) is 4.53. The minimum atomic E-state index is -0.346. The third-order valence-corrected chi connectivity index (χ3v) is 3.09. The van der Waals surface area contributed by atoms with Crippen LogP contribution in [0.1, 0.15) is 16.8 Å². The maximum atomic E-state index is 11.5. The Hall–Kier alpha value is -2.43. The maximum Gasteiger partial charge on any atom is 0.337 e. The first-order chi connectivity index (χ1) is 9.15. The summed E-state index contributed by atoms with van der Waals surface area (Å²) in [5.74, 6) is 0. The van der Waals surface area contributed by atoms with Gasteiger partial charge in [0, 0.05) is 18.5 Å². The quantitative estimate of drug-likeness (QED) is 0.703. The first-order valence-corrected chi connectivity index (χ1v) is 6.02. The van der Waals surface area contributed by atoms with Crippen LogP contribution in [0.4, 0.5) is 0 Å². The van der Waals surface area contributed by atoms with E-state index in [0.29, 0.717) is 12.3 Å². The van der Waals surface area contributed by atoms with Gasteiger partial charge in [-0.2, -0.15) is 5.10 Å². The normalized spacial score (nSPS) is 11.1. The molecule has 3 aromatic rings. The molecule has 0 aliphatic heterocycles. The van der Waals surface area contributed by atoms with Crippen LogP contribution in [0.3, 0.4) is 0 Å². The number of hydrogen-bond donors (Lipinski definition) is 0. The third kappa shape index (κ3) is 2.03. The molecule has 0 fully saturated rings. The summed E-state index contributed by atoms with van der Waals surface area (Å²) >= 11 is 0. The Kier molecular flexibility index (Phi) is 2.67. The van der Waals surface area contributed by atoms with Crippen LogP contribution < -0.4 is 5.63 Å². The molecule has 0 aromatic carbocycles. The molecule has 5 nitrogen and oxygen atoms in total. The lowest BCUT2D eigenvalue weighted by atomic mass is 10.2. The number of pyridine rings is 1. The highest BCUT2D eigenvalue weighted by molar-refractivity contribution is 5.79. The van der Waals surface area contributed by atoms with E-state index in [9.17, 15) is 4.79 Å². The van der Waals surface area contributed by atoms with Gasteiger partial charge in [-0.1, -0.05) is 0 Å². The topological polar surface area (TPSA) is 60.9 Å². The van der Waals surface area contributed by atoms with Crippen LogP contribution in [-0.4, -0.2) is 14.8 Å². The number of rotatable bonds is 2. The number of nitrogens with zero attached hydrogens (tertiary/aromatic N) is 3. The summed E-state index contributed by atoms with van der Waals surface area (Å²) in [4.78, 5) is 15.5. The van der Waals surface area contributed by atoms with E-state index in [1.807, 2.05) is 26.0 Å². The lowest BCUT2D eigenvalue weighted by Crippen LogP contribution is -2.04. The van der Waals surface area contributed by atoms with Crippen LogP contribution in [-0.2, 0) is 6.54 Å². The fourth-order valence-corrected chi connectivity index (χ4v) is 2.26. The van der Waals surface area contributed by atoms with Gasteiger partial charge in [-0.15, -0.1) is 0 Å². The van der Waals surface area contributed by atoms with E-state index in [4.69, 9.17) is 4.42 Å². The predicted molar refractivity (Wildman–Crippen MR) is 71.1 cm³/mol. The Morgan fingerprint density at radius 1 is 1.26 bits per heavy atom. The Labute approximate surface area is 109 Å². The lowest BCUT2D eigenvalue weighted by Gasteiger charge is -2.02. The molecule has 0 spiro atoms. The zero-order valence-corrected chi connectivity index (χ0v) is 10.8. The summed E-state index contributed by atoms with van der Waals surface area (Å²) in [7, 11) is 0. The van der Waals surface area contributed by atoms with Gasteiger partial charge in [0.25, 0.3) is 0 Å². The first kappa shape index (κ1) is 11.6. The molecule has 0 saturated heterocycles. The van der Waals surface area contributed by atoms with Crippen molar-refractivity contribution in [3.05, 3.63) is 57.8 Å². The van der Waals surface area contributed by atoms with Gasteiger partial charge in [-0.05, 0) is 37.1 Å². The van der Waals surface area contributed by atoms with Crippen molar-refractivity contribution in [2.75, 3.05) is 0 Å². The van der Waals surface area contributed by atoms with Gasteiger partial charge in [0.15, 0.2) is 0 Å². The molecule has 0 radical (unpaired) electrons. The largest absolute Gasteiger partial charge is 0.404 e. The van der Waals surface area contributed by atoms with Crippen molar-refractivity contribution in [1.82, 2.24) is 14.8 Å². The molecular formula is C14H13N3O2. The Morgan fingerprint density at radius 2 is 2.00 bits per heavy atom. The molecule has 3 rings (SSSR count). The van der Waals surface area contributed by atoms with E-state index in [1.165, 1.54) is 6.07 Å². The average molecular weight is 255 g/mol. The zero-order chi connectivity index (χ0) is 13.4. The van der Waals surface area contributed by atoms with Crippen molar-refractivity contribution < 1.29 is 4.42 Å². The molecule has 19 heavy (non-hydrogen) atoms. The Balaban J connectivity index is 2.17. The van der Waals surface area contributed by atoms with Crippen molar-refractivity contribution in [1.29, 1.82) is 0 Å². The highest BCUT2D eigenvalue weighted by atomic mass is 16.4. The van der Waals surface area contributed by atoms with E-state index < -0.39 is 0 Å². The standard InChI is InChI=1S/C14H13N3O2/c1-9-7-12(18)19-14-13(9)10(2)16-17(14)8-11-3-5-15-6-4-11/h3-7H,8H2,1-2H3. The summed E-state index contributed by atoms with van der Waals surface area (Å²) in [6.45, 7) is 4.36. The molecular weight excluding hydrogens is 242 g/mol. The summed E-state index contributed by atoms with van der Waals surface area (Å²) in [6, 6.07) is 5.32. The molecule has 3 aromatic heterocycles. The number of hydrogen-bond acceptors (Lipinski definition) is 4. The highest BCUT2D eigenvalue weighted by Gasteiger charge is 2.13. The molecule has 0 N–H and O–H groups in total. The monoisotopic (exact) mass is 255 g/mol. The van der Waals surface area contributed by atoms with Crippen LogP contribution in [0.15, 0.2) is 39.8 Å². The number of aryl methyl sites for hydroxylation is 2. The lowest BCUT2D eigenvalue weighted by molar-refractivity contribution is 0.512. The molecule has 0 atom stereocenters. The van der Waals surface area contributed by atoms with E-state index in [1.54, 1.807) is 17.1 Å². The minimum Gasteiger partial charge on any atom is -0.404 e. The van der Waals surface area contributed by atoms with E-state index in [2.05, 4.69) is 10.1 Å². The molecule has 0 amide bonds. The van der Waals surface area contributed by atoms with Crippen LogP contribution in [0.25, 0.3) is 11.1 Å². The van der Waals surface area contributed by atoms with Gasteiger partial charge >= 0.3 is 5.63 Å². The summed E-state index contributed by atoms with van der Waals surface area (Å²) in [5.41, 5.74) is 3.00. The summed E-state index contributed by atoms with van der Waals surface area (Å²) in [6.07, 6.45) is 3.46. The van der Waals surface area contributed by atoms with Gasteiger partial charge < -0.3 is 4.42 Å². The fraction of sp³-hybridized carbons (Fsp3) is 0.214. The molecule has 0 bridgehead atoms. The van der Waals surface area contributed by atoms with Crippen LogP contribution in [0.2, 0.25) is 0 Å². The van der Waals surface area contributed by atoms with Gasteiger partial charge in [0.05, 0.1) is 17.6 Å². The molecule has 5 heteroatoms. The van der Waals surface area contributed by atoms with Crippen molar-refractivity contribution in [2.24, 2.45) is 0 Å². The third-order valence-electron chi connectivity index (χ3n) is 3.09. The molecule has 0 aliphatic carbocycles. The minimum absolute atomic E-state index is 0.346. The van der Waals surface area contributed by atoms with E-state index in [-0.39, 0.29) is 5.63 Å². The van der Waals surface area contributed by atoms with Gasteiger partial charge in [-0.25, -0.2) is 9.48 Å². The van der Waals surface area contributed by atoms with Crippen molar-refractivity contribution in [2.45, 2.75) is 20.4 Å². The zero-order valence-electron chi connectivity index (χ0n) is 10.8. The fourth-order valence-electron chi connectivity index (χ4n) is 2.26. The average Bonchev–Trinajstić information content (AvgIpc) is 2.67. The van der Waals surface area contributed by atoms with Gasteiger partial charge in [0.2, 0.25) is 5.71 Å². The van der Waals surface area contributed by atoms with Crippen molar-refractivity contribution >= 4 is 11.1 Å². The number of aromatic nitrogens is 3. The van der Waals surface area contributed by atoms with Crippen LogP contribution in [0, 0.1) is 13.8 Å². The molecule has 0 aliphatic rings. The van der Waals surface area contributed by atoms with Crippen molar-refractivity contribution in [3.8, 4) is 0 Å². The summed E-state index contributed by atoms with van der Waals surface area (Å²) in [5, 5.41) is 5.36. The van der Waals surface area contributed by atoms with Gasteiger partial charge in [-0.3, -0.25) is 4.98 Å². The highest BCUT2D eigenvalue weighted by Crippen LogP contribution is 2.20. The van der Waals surface area contributed by atoms with Crippen LogP contribution in [0.5, 0.6) is 0 Å². The molecule has 0 unspecified atom stereocenters. The maximum absolute atomic E-state index is 11.5.